The Morgan fingerprint density at radius 1 is 1.33 bits per heavy atom. The zero-order chi connectivity index (χ0) is 15.6. The Balaban J connectivity index is 2.17. The third kappa shape index (κ3) is 3.62. The van der Waals surface area contributed by atoms with Crippen molar-refractivity contribution in [1.29, 1.82) is 0 Å². The first-order valence-corrected chi connectivity index (χ1v) is 8.60. The molecule has 1 amide bonds. The van der Waals surface area contributed by atoms with E-state index in [2.05, 4.69) is 26.1 Å². The molecule has 1 heterocycles. The summed E-state index contributed by atoms with van der Waals surface area (Å²) in [5.41, 5.74) is 0.0627. The first kappa shape index (κ1) is 16.8. The number of nitrogens with one attached hydrogen (secondary N) is 1. The van der Waals surface area contributed by atoms with Crippen LogP contribution >= 0.6 is 0 Å². The van der Waals surface area contributed by atoms with Gasteiger partial charge < -0.3 is 15.2 Å². The van der Waals surface area contributed by atoms with Gasteiger partial charge in [-0.3, -0.25) is 4.79 Å². The molecule has 1 saturated heterocycles. The largest absolute Gasteiger partial charge is 0.449 e. The quantitative estimate of drug-likeness (QED) is 0.763. The van der Waals surface area contributed by atoms with Gasteiger partial charge in [-0.1, -0.05) is 40.4 Å². The van der Waals surface area contributed by atoms with Crippen molar-refractivity contribution in [1.82, 2.24) is 10.2 Å². The molecule has 1 saturated carbocycles. The fourth-order valence-corrected chi connectivity index (χ4v) is 4.11. The lowest BCUT2D eigenvalue weighted by molar-refractivity contribution is -0.136. The van der Waals surface area contributed by atoms with E-state index in [1.54, 1.807) is 6.82 Å². The molecule has 1 aliphatic heterocycles. The van der Waals surface area contributed by atoms with Crippen molar-refractivity contribution in [3.8, 4) is 0 Å². The number of likely N-dealkylation sites (tertiary alicyclic amines) is 1. The standard InChI is InChI=1S/C16H31BN2O2/c1-12(2)18-14(16(3)9-5-6-10-16)15(20)19-11-7-8-13(19)17(4)21/h12-14,18,21H,5-11H2,1-4H3. The van der Waals surface area contributed by atoms with Crippen LogP contribution in [0.15, 0.2) is 0 Å². The van der Waals surface area contributed by atoms with Crippen molar-refractivity contribution in [3.05, 3.63) is 0 Å². The predicted octanol–water partition coefficient (Wildman–Crippen LogP) is 2.08. The van der Waals surface area contributed by atoms with Gasteiger partial charge in [0.1, 0.15) is 0 Å². The second-order valence-electron chi connectivity index (χ2n) is 7.60. The third-order valence-corrected chi connectivity index (χ3v) is 5.33. The fourth-order valence-electron chi connectivity index (χ4n) is 4.11. The average molecular weight is 294 g/mol. The fraction of sp³-hybridized carbons (Fsp3) is 0.938. The maximum atomic E-state index is 13.1. The average Bonchev–Trinajstić information content (AvgIpc) is 3.04. The molecule has 0 radical (unpaired) electrons. The van der Waals surface area contributed by atoms with E-state index in [1.807, 2.05) is 4.90 Å². The molecule has 0 bridgehead atoms. The first-order chi connectivity index (χ1) is 9.85. The zero-order valence-electron chi connectivity index (χ0n) is 14.1. The highest BCUT2D eigenvalue weighted by Gasteiger charge is 2.45. The van der Waals surface area contributed by atoms with Gasteiger partial charge in [-0.25, -0.2) is 0 Å². The van der Waals surface area contributed by atoms with Crippen LogP contribution < -0.4 is 5.32 Å². The highest BCUT2D eigenvalue weighted by atomic mass is 16.2. The summed E-state index contributed by atoms with van der Waals surface area (Å²) in [4.78, 5) is 15.1. The Morgan fingerprint density at radius 2 is 1.95 bits per heavy atom. The Bertz CT molecular complexity index is 367. The van der Waals surface area contributed by atoms with Crippen LogP contribution in [0.1, 0.15) is 59.3 Å². The predicted molar refractivity (Wildman–Crippen MR) is 87.2 cm³/mol. The highest BCUT2D eigenvalue weighted by Crippen LogP contribution is 2.42. The molecule has 120 valence electrons. The molecule has 2 fully saturated rings. The summed E-state index contributed by atoms with van der Waals surface area (Å²) < 4.78 is 0. The van der Waals surface area contributed by atoms with Crippen LogP contribution in [0.2, 0.25) is 6.82 Å². The maximum absolute atomic E-state index is 13.1. The van der Waals surface area contributed by atoms with Gasteiger partial charge in [0.05, 0.1) is 6.04 Å². The number of amides is 1. The molecular weight excluding hydrogens is 263 g/mol. The summed E-state index contributed by atoms with van der Waals surface area (Å²) in [5, 5.41) is 13.5. The number of hydrogen-bond acceptors (Lipinski definition) is 3. The van der Waals surface area contributed by atoms with Gasteiger partial charge in [-0.2, -0.15) is 0 Å². The molecule has 2 atom stereocenters. The van der Waals surface area contributed by atoms with E-state index in [-0.39, 0.29) is 23.3 Å². The van der Waals surface area contributed by atoms with Crippen molar-refractivity contribution in [2.24, 2.45) is 5.41 Å². The monoisotopic (exact) mass is 294 g/mol. The zero-order valence-corrected chi connectivity index (χ0v) is 14.1. The third-order valence-electron chi connectivity index (χ3n) is 5.33. The summed E-state index contributed by atoms with van der Waals surface area (Å²) in [6.45, 7) is 8.63. The van der Waals surface area contributed by atoms with Crippen molar-refractivity contribution in [3.63, 3.8) is 0 Å². The number of hydrogen-bond donors (Lipinski definition) is 2. The molecule has 0 aromatic carbocycles. The van der Waals surface area contributed by atoms with Gasteiger partial charge >= 0.3 is 6.92 Å². The molecule has 21 heavy (non-hydrogen) atoms. The molecule has 2 N–H and O–H groups in total. The number of carbonyl (C=O) groups is 1. The van der Waals surface area contributed by atoms with E-state index in [4.69, 9.17) is 0 Å². The van der Waals surface area contributed by atoms with Crippen LogP contribution in [-0.4, -0.2) is 47.3 Å². The van der Waals surface area contributed by atoms with Gasteiger partial charge in [0, 0.05) is 18.5 Å². The summed E-state index contributed by atoms with van der Waals surface area (Å²) in [5.74, 6) is 0.204. The Labute approximate surface area is 129 Å². The SMILES string of the molecule is CB(O)C1CCCN1C(=O)C(NC(C)C)C1(C)CCCC1. The lowest BCUT2D eigenvalue weighted by atomic mass is 9.62. The van der Waals surface area contributed by atoms with Gasteiger partial charge in [-0.15, -0.1) is 0 Å². The molecule has 0 spiro atoms. The summed E-state index contributed by atoms with van der Waals surface area (Å²) in [6, 6.07) is 0.184. The maximum Gasteiger partial charge on any atom is 0.309 e. The minimum Gasteiger partial charge on any atom is -0.449 e. The van der Waals surface area contributed by atoms with Gasteiger partial charge in [0.2, 0.25) is 5.91 Å². The number of rotatable bonds is 5. The van der Waals surface area contributed by atoms with E-state index in [9.17, 15) is 9.82 Å². The summed E-state index contributed by atoms with van der Waals surface area (Å²) >= 11 is 0. The minimum atomic E-state index is -0.437. The molecule has 0 aromatic heterocycles. The van der Waals surface area contributed by atoms with Crippen LogP contribution in [0.3, 0.4) is 0 Å². The first-order valence-electron chi connectivity index (χ1n) is 8.60. The Kier molecular flexibility index (Phi) is 5.36. The molecule has 1 aliphatic carbocycles. The minimum absolute atomic E-state index is 0.000958. The molecule has 4 nitrogen and oxygen atoms in total. The van der Waals surface area contributed by atoms with Crippen molar-refractivity contribution < 1.29 is 9.82 Å². The topological polar surface area (TPSA) is 52.6 Å². The molecule has 5 heteroatoms. The summed E-state index contributed by atoms with van der Waals surface area (Å²) in [7, 11) is 0. The van der Waals surface area contributed by atoms with Crippen LogP contribution in [0.5, 0.6) is 0 Å². The summed E-state index contributed by atoms with van der Waals surface area (Å²) in [6.07, 6.45) is 6.62. The molecule has 2 unspecified atom stereocenters. The molecule has 0 aromatic rings. The van der Waals surface area contributed by atoms with Crippen molar-refractivity contribution >= 4 is 12.8 Å². The Hall–Kier alpha value is -0.545. The van der Waals surface area contributed by atoms with Crippen LogP contribution in [-0.2, 0) is 4.79 Å². The Morgan fingerprint density at radius 3 is 2.48 bits per heavy atom. The van der Waals surface area contributed by atoms with Crippen LogP contribution in [0.4, 0.5) is 0 Å². The number of nitrogens with zero attached hydrogens (tertiary/aromatic N) is 1. The van der Waals surface area contributed by atoms with Crippen LogP contribution in [0.25, 0.3) is 0 Å². The van der Waals surface area contributed by atoms with E-state index in [1.165, 1.54) is 12.8 Å². The van der Waals surface area contributed by atoms with E-state index < -0.39 is 6.92 Å². The van der Waals surface area contributed by atoms with E-state index >= 15 is 0 Å². The smallest absolute Gasteiger partial charge is 0.309 e. The second-order valence-corrected chi connectivity index (χ2v) is 7.60. The normalized spacial score (nSPS) is 26.4. The highest BCUT2D eigenvalue weighted by molar-refractivity contribution is 6.51. The van der Waals surface area contributed by atoms with Gasteiger partial charge in [-0.05, 0) is 31.1 Å². The van der Waals surface area contributed by atoms with Gasteiger partial charge in [0.25, 0.3) is 0 Å². The van der Waals surface area contributed by atoms with E-state index in [0.717, 1.165) is 32.2 Å². The molecule has 2 aliphatic rings. The molecule has 2 rings (SSSR count). The van der Waals surface area contributed by atoms with Crippen molar-refractivity contribution in [2.75, 3.05) is 6.54 Å². The lowest BCUT2D eigenvalue weighted by Crippen LogP contribution is -2.58. The molecular formula is C16H31BN2O2. The van der Waals surface area contributed by atoms with Gasteiger partial charge in [0.15, 0.2) is 0 Å². The van der Waals surface area contributed by atoms with Crippen molar-refractivity contribution in [2.45, 2.75) is 84.1 Å². The van der Waals surface area contributed by atoms with E-state index in [0.29, 0.717) is 6.04 Å². The lowest BCUT2D eigenvalue weighted by Gasteiger charge is -2.39. The number of carbonyl (C=O) groups excluding carboxylic acids is 1. The second kappa shape index (κ2) is 6.70. The van der Waals surface area contributed by atoms with Crippen LogP contribution in [0, 0.1) is 5.41 Å².